The van der Waals surface area contributed by atoms with E-state index < -0.39 is 22.1 Å². The molecular formula is C22H20Cl2N4O. The first-order valence-electron chi connectivity index (χ1n) is 9.85. The molecule has 0 N–H and O–H groups in total. The Hall–Kier alpha value is -2.11. The smallest absolute Gasteiger partial charge is 0.193 e. The van der Waals surface area contributed by atoms with Crippen molar-refractivity contribution in [3.05, 3.63) is 71.8 Å². The second kappa shape index (κ2) is 6.99. The molecule has 3 aliphatic rings. The van der Waals surface area contributed by atoms with Crippen LogP contribution < -0.4 is 0 Å². The van der Waals surface area contributed by atoms with E-state index >= 15 is 0 Å². The minimum atomic E-state index is -1.03. The molecule has 2 spiro atoms. The zero-order chi connectivity index (χ0) is 20.1. The van der Waals surface area contributed by atoms with Crippen LogP contribution in [-0.4, -0.2) is 27.9 Å². The highest BCUT2D eigenvalue weighted by Crippen LogP contribution is 2.57. The van der Waals surface area contributed by atoms with Crippen molar-refractivity contribution < 1.29 is 4.79 Å². The Kier molecular flexibility index (Phi) is 4.56. The number of rotatable bonds is 2. The molecule has 1 saturated carbocycles. The van der Waals surface area contributed by atoms with E-state index in [4.69, 9.17) is 23.2 Å². The summed E-state index contributed by atoms with van der Waals surface area (Å²) in [5.41, 5.74) is -1.29. The highest BCUT2D eigenvalue weighted by atomic mass is 35.5. The molecule has 5 nitrogen and oxygen atoms in total. The lowest BCUT2D eigenvalue weighted by molar-refractivity contribution is -0.133. The Labute approximate surface area is 179 Å². The van der Waals surface area contributed by atoms with E-state index in [9.17, 15) is 4.79 Å². The number of Topliss-reactive ketones (excluding diaryl/α,β-unsaturated/α-hetero) is 1. The van der Waals surface area contributed by atoms with Gasteiger partial charge in [-0.3, -0.25) is 4.79 Å². The maximum Gasteiger partial charge on any atom is 0.193 e. The lowest BCUT2D eigenvalue weighted by Crippen LogP contribution is -2.58. The summed E-state index contributed by atoms with van der Waals surface area (Å²) in [6.45, 7) is 0. The van der Waals surface area contributed by atoms with Crippen LogP contribution in [0.5, 0.6) is 0 Å². The van der Waals surface area contributed by atoms with Gasteiger partial charge in [0.05, 0.1) is 11.8 Å². The van der Waals surface area contributed by atoms with Crippen LogP contribution in [0.15, 0.2) is 81.1 Å². The Balaban J connectivity index is 1.62. The first kappa shape index (κ1) is 18.9. The summed E-state index contributed by atoms with van der Waals surface area (Å²) in [6.07, 6.45) is 1.98. The number of azo groups is 2. The maximum atomic E-state index is 14.2. The van der Waals surface area contributed by atoms with Gasteiger partial charge in [0, 0.05) is 0 Å². The minimum Gasteiger partial charge on any atom is -0.294 e. The van der Waals surface area contributed by atoms with Crippen molar-refractivity contribution in [3.8, 4) is 0 Å². The third-order valence-electron chi connectivity index (χ3n) is 6.49. The van der Waals surface area contributed by atoms with Crippen LogP contribution in [0.1, 0.15) is 42.2 Å². The molecule has 5 rings (SSSR count). The number of nitrogens with zero attached hydrogens (tertiary/aromatic N) is 4. The summed E-state index contributed by atoms with van der Waals surface area (Å²) in [4.78, 5) is 14.2. The highest BCUT2D eigenvalue weighted by molar-refractivity contribution is 6.22. The molecule has 2 aromatic rings. The Morgan fingerprint density at radius 1 is 0.724 bits per heavy atom. The van der Waals surface area contributed by atoms with Gasteiger partial charge in [0.15, 0.2) is 27.9 Å². The van der Waals surface area contributed by atoms with Crippen LogP contribution in [0.2, 0.25) is 0 Å². The van der Waals surface area contributed by atoms with Gasteiger partial charge in [-0.1, -0.05) is 83.9 Å². The highest BCUT2D eigenvalue weighted by Gasteiger charge is 2.66. The van der Waals surface area contributed by atoms with Gasteiger partial charge in [-0.2, -0.15) is 20.5 Å². The van der Waals surface area contributed by atoms with E-state index in [-0.39, 0.29) is 17.6 Å². The predicted molar refractivity (Wildman–Crippen MR) is 112 cm³/mol. The average molecular weight is 427 g/mol. The summed E-state index contributed by atoms with van der Waals surface area (Å²) in [6, 6.07) is 19.6. The number of carbonyl (C=O) groups excluding carboxylic acids is 1. The van der Waals surface area contributed by atoms with Gasteiger partial charge in [0.2, 0.25) is 0 Å². The van der Waals surface area contributed by atoms with Crippen molar-refractivity contribution in [1.29, 1.82) is 0 Å². The quantitative estimate of drug-likeness (QED) is 0.438. The van der Waals surface area contributed by atoms with Crippen LogP contribution >= 0.6 is 23.2 Å². The standard InChI is InChI=1S/C22H20Cl2N4O/c23-18-16(14-8-3-1-4-9-14)21(27-25-18)12-7-13-22(20(21)29)17(19(24)26-28-22)15-10-5-2-6-11-15/h1-6,8-11,16-19H,7,12-13H2. The average Bonchev–Trinajstić information content (AvgIpc) is 3.26. The molecule has 148 valence electrons. The number of halogens is 2. The number of hydrogen-bond donors (Lipinski definition) is 0. The van der Waals surface area contributed by atoms with Crippen molar-refractivity contribution in [1.82, 2.24) is 0 Å². The number of carbonyl (C=O) groups is 1. The SMILES string of the molecule is O=C1C2(CCCC13N=NC(Cl)C3c1ccccc1)N=NC(Cl)C2c1ccccc1. The fraction of sp³-hybridized carbons (Fsp3) is 0.409. The molecule has 2 aliphatic heterocycles. The fourth-order valence-electron chi connectivity index (χ4n) is 5.23. The summed E-state index contributed by atoms with van der Waals surface area (Å²) < 4.78 is 0. The number of ketones is 1. The summed E-state index contributed by atoms with van der Waals surface area (Å²) in [7, 11) is 0. The van der Waals surface area contributed by atoms with Gasteiger partial charge >= 0.3 is 0 Å². The van der Waals surface area contributed by atoms with E-state index in [0.717, 1.165) is 17.5 Å². The summed E-state index contributed by atoms with van der Waals surface area (Å²) >= 11 is 13.2. The van der Waals surface area contributed by atoms with E-state index in [0.29, 0.717) is 12.8 Å². The van der Waals surface area contributed by atoms with Crippen molar-refractivity contribution >= 4 is 29.0 Å². The molecule has 0 saturated heterocycles. The third-order valence-corrected chi connectivity index (χ3v) is 7.17. The summed E-state index contributed by atoms with van der Waals surface area (Å²) in [5, 5.41) is 17.5. The number of hydrogen-bond acceptors (Lipinski definition) is 5. The van der Waals surface area contributed by atoms with Gasteiger partial charge in [0.25, 0.3) is 0 Å². The van der Waals surface area contributed by atoms with Crippen molar-refractivity contribution in [3.63, 3.8) is 0 Å². The van der Waals surface area contributed by atoms with Gasteiger partial charge in [-0.05, 0) is 30.4 Å². The molecule has 0 aromatic heterocycles. The Morgan fingerprint density at radius 2 is 1.14 bits per heavy atom. The van der Waals surface area contributed by atoms with E-state index in [1.54, 1.807) is 0 Å². The first-order valence-corrected chi connectivity index (χ1v) is 10.7. The van der Waals surface area contributed by atoms with E-state index in [2.05, 4.69) is 20.5 Å². The molecule has 0 radical (unpaired) electrons. The molecule has 2 aromatic carbocycles. The van der Waals surface area contributed by atoms with Crippen molar-refractivity contribution in [2.75, 3.05) is 0 Å². The Morgan fingerprint density at radius 3 is 1.55 bits per heavy atom. The van der Waals surface area contributed by atoms with Crippen LogP contribution in [0, 0.1) is 0 Å². The monoisotopic (exact) mass is 426 g/mol. The lowest BCUT2D eigenvalue weighted by Gasteiger charge is -2.44. The first-order chi connectivity index (χ1) is 14.1. The molecule has 1 fully saturated rings. The number of alkyl halides is 2. The molecule has 6 atom stereocenters. The second-order valence-corrected chi connectivity index (χ2v) is 8.88. The van der Waals surface area contributed by atoms with E-state index in [1.165, 1.54) is 0 Å². The molecule has 0 amide bonds. The van der Waals surface area contributed by atoms with Crippen LogP contribution in [0.4, 0.5) is 0 Å². The predicted octanol–water partition coefficient (Wildman–Crippen LogP) is 5.85. The molecule has 6 unspecified atom stereocenters. The summed E-state index contributed by atoms with van der Waals surface area (Å²) in [5.74, 6) is -0.704. The second-order valence-electron chi connectivity index (χ2n) is 7.98. The van der Waals surface area contributed by atoms with Crippen LogP contribution in [0.25, 0.3) is 0 Å². The largest absolute Gasteiger partial charge is 0.294 e. The molecule has 7 heteroatoms. The molecular weight excluding hydrogens is 407 g/mol. The minimum absolute atomic E-state index is 0.0576. The van der Waals surface area contributed by atoms with Crippen molar-refractivity contribution in [2.24, 2.45) is 20.5 Å². The maximum absolute atomic E-state index is 14.2. The third kappa shape index (κ3) is 2.71. The van der Waals surface area contributed by atoms with Crippen LogP contribution in [-0.2, 0) is 4.79 Å². The zero-order valence-electron chi connectivity index (χ0n) is 15.7. The molecule has 29 heavy (non-hydrogen) atoms. The van der Waals surface area contributed by atoms with Crippen LogP contribution in [0.3, 0.4) is 0 Å². The van der Waals surface area contributed by atoms with Gasteiger partial charge in [-0.15, -0.1) is 0 Å². The van der Waals surface area contributed by atoms with Crippen molar-refractivity contribution in [2.45, 2.75) is 53.2 Å². The normalized spacial score (nSPS) is 38.3. The van der Waals surface area contributed by atoms with E-state index in [1.807, 2.05) is 60.7 Å². The zero-order valence-corrected chi connectivity index (χ0v) is 17.2. The topological polar surface area (TPSA) is 66.5 Å². The van der Waals surface area contributed by atoms with Gasteiger partial charge in [0.1, 0.15) is 0 Å². The van der Waals surface area contributed by atoms with Gasteiger partial charge < -0.3 is 0 Å². The Bertz CT molecular complexity index is 905. The molecule has 0 bridgehead atoms. The number of benzene rings is 2. The molecule has 1 aliphatic carbocycles. The van der Waals surface area contributed by atoms with Gasteiger partial charge in [-0.25, -0.2) is 0 Å². The lowest BCUT2D eigenvalue weighted by atomic mass is 9.60. The fourth-order valence-corrected chi connectivity index (χ4v) is 6.03. The molecule has 2 heterocycles.